The van der Waals surface area contributed by atoms with Gasteiger partial charge < -0.3 is 5.32 Å². The minimum Gasteiger partial charge on any atom is -0.316 e. The molecule has 1 fully saturated rings. The zero-order valence-electron chi connectivity index (χ0n) is 7.72. The second-order valence-electron chi connectivity index (χ2n) is 3.65. The number of thiophene rings is 1. The van der Waals surface area contributed by atoms with Crippen LogP contribution in [0.3, 0.4) is 0 Å². The number of halogens is 1. The van der Waals surface area contributed by atoms with Crippen molar-refractivity contribution in [2.75, 3.05) is 19.8 Å². The van der Waals surface area contributed by atoms with Crippen molar-refractivity contribution in [1.82, 2.24) is 5.32 Å². The Hall–Kier alpha value is -0.410. The number of alkyl halides is 1. The van der Waals surface area contributed by atoms with Gasteiger partial charge in [0.2, 0.25) is 0 Å². The number of hydrogen-bond acceptors (Lipinski definition) is 2. The first kappa shape index (κ1) is 9.16. The summed E-state index contributed by atoms with van der Waals surface area (Å²) in [6.45, 7) is 3.68. The maximum atomic E-state index is 12.6. The molecule has 0 spiro atoms. The summed E-state index contributed by atoms with van der Waals surface area (Å²) < 4.78 is 12.6. The predicted molar refractivity (Wildman–Crippen MR) is 54.1 cm³/mol. The molecule has 72 valence electrons. The molecule has 1 aromatic heterocycles. The molecule has 0 aliphatic carbocycles. The SMILES string of the molecule is Cc1ccsc1[C@@H]1CNC[C@@H]1CF. The van der Waals surface area contributed by atoms with E-state index in [0.717, 1.165) is 13.1 Å². The molecule has 2 atom stereocenters. The fourth-order valence-electron chi connectivity index (χ4n) is 1.97. The average Bonchev–Trinajstić information content (AvgIpc) is 2.71. The van der Waals surface area contributed by atoms with Gasteiger partial charge >= 0.3 is 0 Å². The quantitative estimate of drug-likeness (QED) is 0.771. The van der Waals surface area contributed by atoms with Crippen LogP contribution in [0.25, 0.3) is 0 Å². The van der Waals surface area contributed by atoms with Gasteiger partial charge in [-0.3, -0.25) is 4.39 Å². The monoisotopic (exact) mass is 199 g/mol. The third-order valence-electron chi connectivity index (χ3n) is 2.78. The smallest absolute Gasteiger partial charge is 0.0941 e. The first-order valence-electron chi connectivity index (χ1n) is 4.63. The summed E-state index contributed by atoms with van der Waals surface area (Å²) in [6, 6.07) is 2.12. The molecule has 0 unspecified atom stereocenters. The maximum absolute atomic E-state index is 12.6. The van der Waals surface area contributed by atoms with Crippen molar-refractivity contribution in [3.63, 3.8) is 0 Å². The normalized spacial score (nSPS) is 28.2. The summed E-state index contributed by atoms with van der Waals surface area (Å²) in [6.07, 6.45) is 0. The maximum Gasteiger partial charge on any atom is 0.0941 e. The van der Waals surface area contributed by atoms with Gasteiger partial charge in [0.05, 0.1) is 6.67 Å². The topological polar surface area (TPSA) is 12.0 Å². The van der Waals surface area contributed by atoms with Gasteiger partial charge in [-0.15, -0.1) is 11.3 Å². The molecular weight excluding hydrogens is 185 g/mol. The Morgan fingerprint density at radius 2 is 2.46 bits per heavy atom. The van der Waals surface area contributed by atoms with E-state index in [1.165, 1.54) is 10.4 Å². The highest BCUT2D eigenvalue weighted by molar-refractivity contribution is 7.10. The Balaban J connectivity index is 2.20. The zero-order chi connectivity index (χ0) is 9.26. The third kappa shape index (κ3) is 1.63. The molecule has 0 bridgehead atoms. The molecule has 2 heterocycles. The van der Waals surface area contributed by atoms with Gasteiger partial charge in [-0.25, -0.2) is 0 Å². The highest BCUT2D eigenvalue weighted by Gasteiger charge is 2.29. The lowest BCUT2D eigenvalue weighted by molar-refractivity contribution is 0.360. The third-order valence-corrected chi connectivity index (χ3v) is 3.93. The molecule has 1 N–H and O–H groups in total. The van der Waals surface area contributed by atoms with Crippen LogP contribution in [0.2, 0.25) is 0 Å². The molecule has 0 saturated carbocycles. The van der Waals surface area contributed by atoms with E-state index in [0.29, 0.717) is 5.92 Å². The van der Waals surface area contributed by atoms with E-state index in [9.17, 15) is 4.39 Å². The first-order valence-corrected chi connectivity index (χ1v) is 5.51. The summed E-state index contributed by atoms with van der Waals surface area (Å²) in [5.41, 5.74) is 1.32. The van der Waals surface area contributed by atoms with Crippen molar-refractivity contribution in [3.8, 4) is 0 Å². The average molecular weight is 199 g/mol. The molecule has 2 rings (SSSR count). The van der Waals surface area contributed by atoms with E-state index in [4.69, 9.17) is 0 Å². The van der Waals surface area contributed by atoms with Crippen molar-refractivity contribution < 1.29 is 4.39 Å². The van der Waals surface area contributed by atoms with Gasteiger partial charge in [-0.2, -0.15) is 0 Å². The molecule has 0 aromatic carbocycles. The van der Waals surface area contributed by atoms with E-state index < -0.39 is 0 Å². The summed E-state index contributed by atoms with van der Waals surface area (Å²) in [5.74, 6) is 0.599. The largest absolute Gasteiger partial charge is 0.316 e. The van der Waals surface area contributed by atoms with Crippen molar-refractivity contribution in [2.45, 2.75) is 12.8 Å². The van der Waals surface area contributed by atoms with Gasteiger partial charge in [0.25, 0.3) is 0 Å². The van der Waals surface area contributed by atoms with Gasteiger partial charge in [0, 0.05) is 29.8 Å². The Kier molecular flexibility index (Phi) is 2.65. The van der Waals surface area contributed by atoms with E-state index in [-0.39, 0.29) is 12.6 Å². The van der Waals surface area contributed by atoms with Crippen molar-refractivity contribution in [2.24, 2.45) is 5.92 Å². The molecule has 1 aliphatic heterocycles. The first-order chi connectivity index (χ1) is 6.33. The second-order valence-corrected chi connectivity index (χ2v) is 4.59. The Morgan fingerprint density at radius 3 is 3.08 bits per heavy atom. The van der Waals surface area contributed by atoms with Crippen LogP contribution in [0.4, 0.5) is 4.39 Å². The highest BCUT2D eigenvalue weighted by Crippen LogP contribution is 2.33. The standard InChI is InChI=1S/C10H14FNS/c1-7-2-3-13-10(7)9-6-12-5-8(9)4-11/h2-3,8-9,12H,4-6H2,1H3/t8-,9+/m0/s1. The van der Waals surface area contributed by atoms with Crippen LogP contribution >= 0.6 is 11.3 Å². The van der Waals surface area contributed by atoms with Crippen LogP contribution in [0.5, 0.6) is 0 Å². The van der Waals surface area contributed by atoms with E-state index in [2.05, 4.69) is 23.7 Å². The summed E-state index contributed by atoms with van der Waals surface area (Å²) >= 11 is 1.76. The highest BCUT2D eigenvalue weighted by atomic mass is 32.1. The van der Waals surface area contributed by atoms with Crippen LogP contribution in [0, 0.1) is 12.8 Å². The number of hydrogen-bond donors (Lipinski definition) is 1. The van der Waals surface area contributed by atoms with Crippen LogP contribution in [0.15, 0.2) is 11.4 Å². The molecule has 3 heteroatoms. The van der Waals surface area contributed by atoms with Gasteiger partial charge in [0.1, 0.15) is 0 Å². The lowest BCUT2D eigenvalue weighted by Crippen LogP contribution is -2.12. The Bertz CT molecular complexity index is 284. The van der Waals surface area contributed by atoms with Gasteiger partial charge in [-0.05, 0) is 23.9 Å². The zero-order valence-corrected chi connectivity index (χ0v) is 8.53. The van der Waals surface area contributed by atoms with E-state index in [1.54, 1.807) is 11.3 Å². The van der Waals surface area contributed by atoms with E-state index >= 15 is 0 Å². The van der Waals surface area contributed by atoms with Crippen molar-refractivity contribution >= 4 is 11.3 Å². The molecule has 0 radical (unpaired) electrons. The number of nitrogens with one attached hydrogen (secondary N) is 1. The van der Waals surface area contributed by atoms with Crippen molar-refractivity contribution in [3.05, 3.63) is 21.9 Å². The number of aryl methyl sites for hydroxylation is 1. The Morgan fingerprint density at radius 1 is 1.62 bits per heavy atom. The Labute approximate surface area is 82.0 Å². The van der Waals surface area contributed by atoms with Gasteiger partial charge in [-0.1, -0.05) is 0 Å². The second kappa shape index (κ2) is 3.76. The minimum absolute atomic E-state index is 0.192. The number of rotatable bonds is 2. The summed E-state index contributed by atoms with van der Waals surface area (Å²) in [7, 11) is 0. The summed E-state index contributed by atoms with van der Waals surface area (Å²) in [4.78, 5) is 1.37. The molecule has 1 nitrogen and oxygen atoms in total. The van der Waals surface area contributed by atoms with Crippen LogP contribution in [0.1, 0.15) is 16.4 Å². The predicted octanol–water partition coefficient (Wildman–Crippen LogP) is 2.33. The van der Waals surface area contributed by atoms with E-state index in [1.807, 2.05) is 0 Å². The molecule has 1 saturated heterocycles. The van der Waals surface area contributed by atoms with Crippen molar-refractivity contribution in [1.29, 1.82) is 0 Å². The minimum atomic E-state index is -0.199. The lowest BCUT2D eigenvalue weighted by Gasteiger charge is -2.14. The van der Waals surface area contributed by atoms with Gasteiger partial charge in [0.15, 0.2) is 0 Å². The molecule has 0 amide bonds. The molecule has 1 aliphatic rings. The fourth-order valence-corrected chi connectivity index (χ4v) is 3.09. The van der Waals surface area contributed by atoms with Crippen LogP contribution in [-0.2, 0) is 0 Å². The van der Waals surface area contributed by atoms with Crippen LogP contribution in [-0.4, -0.2) is 19.8 Å². The van der Waals surface area contributed by atoms with Crippen LogP contribution < -0.4 is 5.32 Å². The lowest BCUT2D eigenvalue weighted by atomic mass is 9.94. The summed E-state index contributed by atoms with van der Waals surface area (Å²) in [5, 5.41) is 5.35. The molecular formula is C10H14FNS. The fraction of sp³-hybridized carbons (Fsp3) is 0.600. The molecule has 1 aromatic rings. The molecule has 13 heavy (non-hydrogen) atoms.